The van der Waals surface area contributed by atoms with Gasteiger partial charge >= 0.3 is 5.97 Å². The van der Waals surface area contributed by atoms with Gasteiger partial charge in [0.25, 0.3) is 0 Å². The van der Waals surface area contributed by atoms with E-state index in [1.807, 2.05) is 6.07 Å². The summed E-state index contributed by atoms with van der Waals surface area (Å²) in [5, 5.41) is 27.8. The molecule has 0 aliphatic carbocycles. The quantitative estimate of drug-likeness (QED) is 0.622. The number of carboxylic acid groups (broad SMARTS) is 1. The topological polar surface area (TPSA) is 119 Å². The van der Waals surface area contributed by atoms with Crippen molar-refractivity contribution in [3.05, 3.63) is 88.5 Å². The molecule has 0 atom stereocenters. The van der Waals surface area contributed by atoms with Gasteiger partial charge < -0.3 is 5.11 Å². The van der Waals surface area contributed by atoms with Gasteiger partial charge in [-0.3, -0.25) is 0 Å². The zero-order valence-electron chi connectivity index (χ0n) is 16.7. The lowest BCUT2D eigenvalue weighted by Crippen LogP contribution is -2.11. The lowest BCUT2D eigenvalue weighted by atomic mass is 9.97. The maximum Gasteiger partial charge on any atom is 0.335 e. The van der Waals surface area contributed by atoms with Gasteiger partial charge in [0.05, 0.1) is 39.5 Å². The van der Waals surface area contributed by atoms with E-state index >= 15 is 0 Å². The number of carboxylic acids is 1. The molecule has 0 radical (unpaired) electrons. The second-order valence-corrected chi connectivity index (χ2v) is 8.87. The van der Waals surface area contributed by atoms with Crippen LogP contribution in [-0.4, -0.2) is 19.5 Å². The number of nitriles is 2. The first-order valence-corrected chi connectivity index (χ1v) is 11.1. The fourth-order valence-corrected chi connectivity index (χ4v) is 5.09. The molecule has 3 aromatic rings. The van der Waals surface area contributed by atoms with Crippen LogP contribution >= 0.6 is 0 Å². The third-order valence-corrected chi connectivity index (χ3v) is 6.65. The van der Waals surface area contributed by atoms with Crippen molar-refractivity contribution in [1.29, 1.82) is 10.5 Å². The predicted octanol–water partition coefficient (Wildman–Crippen LogP) is 4.33. The largest absolute Gasteiger partial charge is 0.478 e. The van der Waals surface area contributed by atoms with Crippen molar-refractivity contribution in [2.75, 3.05) is 0 Å². The summed E-state index contributed by atoms with van der Waals surface area (Å²) in [6.07, 6.45) is 0.420. The van der Waals surface area contributed by atoms with Crippen LogP contribution in [0.1, 0.15) is 39.5 Å². The van der Waals surface area contributed by atoms with E-state index in [4.69, 9.17) is 0 Å². The summed E-state index contributed by atoms with van der Waals surface area (Å²) < 4.78 is 26.7. The first kappa shape index (κ1) is 21.8. The van der Waals surface area contributed by atoms with Gasteiger partial charge in [-0.05, 0) is 65.1 Å². The van der Waals surface area contributed by atoms with E-state index in [0.717, 1.165) is 0 Å². The Morgan fingerprint density at radius 3 is 2.29 bits per heavy atom. The van der Waals surface area contributed by atoms with E-state index in [9.17, 15) is 28.8 Å². The van der Waals surface area contributed by atoms with Gasteiger partial charge in [-0.25, -0.2) is 13.2 Å². The molecule has 1 N–H and O–H groups in total. The van der Waals surface area contributed by atoms with Crippen molar-refractivity contribution >= 4 is 15.8 Å². The van der Waals surface area contributed by atoms with Gasteiger partial charge in [0, 0.05) is 0 Å². The van der Waals surface area contributed by atoms with Crippen LogP contribution in [0.2, 0.25) is 0 Å². The minimum Gasteiger partial charge on any atom is -0.478 e. The van der Waals surface area contributed by atoms with E-state index in [1.54, 1.807) is 43.3 Å². The summed E-state index contributed by atoms with van der Waals surface area (Å²) >= 11 is 0. The number of carbonyl (C=O) groups is 1. The minimum atomic E-state index is -3.92. The zero-order chi connectivity index (χ0) is 22.6. The Labute approximate surface area is 180 Å². The van der Waals surface area contributed by atoms with Crippen molar-refractivity contribution in [3.63, 3.8) is 0 Å². The van der Waals surface area contributed by atoms with E-state index in [2.05, 4.69) is 6.07 Å². The number of aromatic carboxylic acids is 1. The van der Waals surface area contributed by atoms with Crippen molar-refractivity contribution in [2.45, 2.75) is 24.0 Å². The molecule has 0 saturated carbocycles. The van der Waals surface area contributed by atoms with E-state index in [0.29, 0.717) is 39.8 Å². The summed E-state index contributed by atoms with van der Waals surface area (Å²) in [5.74, 6) is -1.62. The van der Waals surface area contributed by atoms with Crippen LogP contribution in [0.5, 0.6) is 0 Å². The third kappa shape index (κ3) is 4.63. The zero-order valence-corrected chi connectivity index (χ0v) is 17.5. The molecular weight excluding hydrogens is 412 g/mol. The number of benzene rings is 3. The maximum atomic E-state index is 13.3. The second-order valence-electron chi connectivity index (χ2n) is 6.92. The fraction of sp³-hybridized carbons (Fsp3) is 0.125. The number of rotatable bonds is 6. The molecule has 7 heteroatoms. The Balaban J connectivity index is 2.16. The molecule has 0 aliphatic rings. The van der Waals surface area contributed by atoms with Crippen LogP contribution in [0, 0.1) is 22.7 Å². The Bertz CT molecular complexity index is 1360. The van der Waals surface area contributed by atoms with E-state index in [-0.39, 0.29) is 10.5 Å². The lowest BCUT2D eigenvalue weighted by Gasteiger charge is -2.14. The third-order valence-electron chi connectivity index (χ3n) is 4.91. The first-order valence-electron chi connectivity index (χ1n) is 9.41. The van der Waals surface area contributed by atoms with Gasteiger partial charge in [-0.2, -0.15) is 10.5 Å². The molecule has 0 fully saturated rings. The first-order chi connectivity index (χ1) is 14.8. The van der Waals surface area contributed by atoms with Gasteiger partial charge in [0.15, 0.2) is 9.84 Å². The highest BCUT2D eigenvalue weighted by molar-refractivity contribution is 7.90. The van der Waals surface area contributed by atoms with Crippen molar-refractivity contribution in [3.8, 4) is 23.3 Å². The average molecular weight is 430 g/mol. The molecular formula is C24H18N2O4S. The molecule has 154 valence electrons. The van der Waals surface area contributed by atoms with Crippen molar-refractivity contribution < 1.29 is 18.3 Å². The molecule has 0 aliphatic heterocycles. The van der Waals surface area contributed by atoms with Crippen LogP contribution in [-0.2, 0) is 22.0 Å². The van der Waals surface area contributed by atoms with Crippen LogP contribution in [0.15, 0.2) is 65.6 Å². The summed E-state index contributed by atoms with van der Waals surface area (Å²) in [6.45, 7) is 1.80. The number of sulfone groups is 1. The Morgan fingerprint density at radius 2 is 1.65 bits per heavy atom. The standard InChI is InChI=1S/C24H18N2O4S/c1-2-18-7-8-20(24(27)28)12-23(18)31(29,30)15-21-11-17(14-26)6-9-22(21)19-5-3-4-16(10-19)13-25/h3-12H,2,15H2,1H3,(H,27,28). The molecule has 0 amide bonds. The van der Waals surface area contributed by atoms with Gasteiger partial charge in [0.1, 0.15) is 0 Å². The monoisotopic (exact) mass is 430 g/mol. The average Bonchev–Trinajstić information content (AvgIpc) is 2.78. The van der Waals surface area contributed by atoms with Gasteiger partial charge in [-0.15, -0.1) is 0 Å². The normalized spacial score (nSPS) is 10.8. The molecule has 31 heavy (non-hydrogen) atoms. The summed E-state index contributed by atoms with van der Waals surface area (Å²) in [5.41, 5.74) is 2.80. The lowest BCUT2D eigenvalue weighted by molar-refractivity contribution is 0.0696. The number of hydrogen-bond donors (Lipinski definition) is 1. The molecule has 0 unspecified atom stereocenters. The summed E-state index contributed by atoms with van der Waals surface area (Å²) in [4.78, 5) is 11.3. The highest BCUT2D eigenvalue weighted by atomic mass is 32.2. The van der Waals surface area contributed by atoms with Crippen LogP contribution in [0.3, 0.4) is 0 Å². The Hall–Kier alpha value is -3.94. The maximum absolute atomic E-state index is 13.3. The molecule has 0 aromatic heterocycles. The molecule has 0 bridgehead atoms. The molecule has 3 rings (SSSR count). The summed E-state index contributed by atoms with van der Waals surface area (Å²) in [6, 6.07) is 19.7. The van der Waals surface area contributed by atoms with E-state index < -0.39 is 21.6 Å². The fourth-order valence-electron chi connectivity index (χ4n) is 3.37. The van der Waals surface area contributed by atoms with Crippen LogP contribution < -0.4 is 0 Å². The number of hydrogen-bond acceptors (Lipinski definition) is 5. The highest BCUT2D eigenvalue weighted by Gasteiger charge is 2.23. The number of aryl methyl sites for hydroxylation is 1. The van der Waals surface area contributed by atoms with Gasteiger partial charge in [-0.1, -0.05) is 31.2 Å². The SMILES string of the molecule is CCc1ccc(C(=O)O)cc1S(=O)(=O)Cc1cc(C#N)ccc1-c1cccc(C#N)c1. The van der Waals surface area contributed by atoms with E-state index in [1.165, 1.54) is 24.3 Å². The minimum absolute atomic E-state index is 0.0333. The Morgan fingerprint density at radius 1 is 0.935 bits per heavy atom. The summed E-state index contributed by atoms with van der Waals surface area (Å²) in [7, 11) is -3.92. The van der Waals surface area contributed by atoms with Crippen molar-refractivity contribution in [1.82, 2.24) is 0 Å². The molecule has 0 saturated heterocycles. The molecule has 0 spiro atoms. The molecule has 3 aromatic carbocycles. The van der Waals surface area contributed by atoms with Crippen LogP contribution in [0.4, 0.5) is 0 Å². The highest BCUT2D eigenvalue weighted by Crippen LogP contribution is 2.30. The molecule has 6 nitrogen and oxygen atoms in total. The number of nitrogens with zero attached hydrogens (tertiary/aromatic N) is 2. The predicted molar refractivity (Wildman–Crippen MR) is 115 cm³/mol. The smallest absolute Gasteiger partial charge is 0.335 e. The van der Waals surface area contributed by atoms with Crippen molar-refractivity contribution in [2.24, 2.45) is 0 Å². The van der Waals surface area contributed by atoms with Crippen LogP contribution in [0.25, 0.3) is 11.1 Å². The molecule has 0 heterocycles. The second kappa shape index (κ2) is 8.83. The Kier molecular flexibility index (Phi) is 6.20. The van der Waals surface area contributed by atoms with Gasteiger partial charge in [0.2, 0.25) is 0 Å².